The van der Waals surface area contributed by atoms with E-state index < -0.39 is 0 Å². The number of benzene rings is 2. The molecule has 1 N–H and O–H groups in total. The lowest BCUT2D eigenvalue weighted by Gasteiger charge is -2.28. The number of carbonyl (C=O) groups is 1. The predicted molar refractivity (Wildman–Crippen MR) is 127 cm³/mol. The van der Waals surface area contributed by atoms with Crippen LogP contribution in [0.4, 0.5) is 5.95 Å². The number of rotatable bonds is 7. The maximum Gasteiger partial charge on any atom is 0.233 e. The zero-order chi connectivity index (χ0) is 22.5. The van der Waals surface area contributed by atoms with Gasteiger partial charge in [0, 0.05) is 13.1 Å². The van der Waals surface area contributed by atoms with E-state index in [9.17, 15) is 4.79 Å². The first kappa shape index (κ1) is 22.4. The number of anilines is 1. The molecule has 1 aliphatic heterocycles. The Morgan fingerprint density at radius 2 is 1.72 bits per heavy atom. The molecule has 3 aromatic rings. The zero-order valence-electron chi connectivity index (χ0n) is 18.7. The lowest BCUT2D eigenvalue weighted by molar-refractivity contribution is -0.120. The van der Waals surface area contributed by atoms with Crippen molar-refractivity contribution in [3.8, 4) is 5.69 Å². The van der Waals surface area contributed by atoms with Crippen LogP contribution in [-0.2, 0) is 9.53 Å². The molecule has 0 bridgehead atoms. The van der Waals surface area contributed by atoms with E-state index in [0.29, 0.717) is 18.4 Å². The highest BCUT2D eigenvalue weighted by Crippen LogP contribution is 2.31. The fourth-order valence-corrected chi connectivity index (χ4v) is 4.56. The number of aryl methyl sites for hydroxylation is 1. The monoisotopic (exact) mass is 451 g/mol. The van der Waals surface area contributed by atoms with E-state index in [2.05, 4.69) is 44.0 Å². The summed E-state index contributed by atoms with van der Waals surface area (Å²) in [6.07, 6.45) is 0. The van der Waals surface area contributed by atoms with Crippen molar-refractivity contribution >= 4 is 23.6 Å². The summed E-state index contributed by atoms with van der Waals surface area (Å²) in [5, 5.41) is 12.5. The highest BCUT2D eigenvalue weighted by atomic mass is 32.2. The molecule has 0 radical (unpaired) electrons. The van der Waals surface area contributed by atoms with Gasteiger partial charge in [-0.15, -0.1) is 10.2 Å². The van der Waals surface area contributed by atoms with Crippen LogP contribution in [0.25, 0.3) is 5.69 Å². The molecule has 1 fully saturated rings. The van der Waals surface area contributed by atoms with Crippen LogP contribution in [0, 0.1) is 6.92 Å². The van der Waals surface area contributed by atoms with E-state index >= 15 is 0 Å². The van der Waals surface area contributed by atoms with Gasteiger partial charge in [0.15, 0.2) is 5.16 Å². The lowest BCUT2D eigenvalue weighted by atomic mass is 10.1. The maximum absolute atomic E-state index is 12.9. The fourth-order valence-electron chi connectivity index (χ4n) is 3.70. The lowest BCUT2D eigenvalue weighted by Crippen LogP contribution is -2.38. The highest BCUT2D eigenvalue weighted by Gasteiger charge is 2.26. The Hall–Kier alpha value is -2.84. The first-order valence-electron chi connectivity index (χ1n) is 10.9. The van der Waals surface area contributed by atoms with Gasteiger partial charge in [-0.1, -0.05) is 60.3 Å². The first-order chi connectivity index (χ1) is 15.5. The third-order valence-electron chi connectivity index (χ3n) is 5.58. The Morgan fingerprint density at radius 1 is 1.03 bits per heavy atom. The minimum atomic E-state index is -0.328. The number of thioether (sulfide) groups is 1. The first-order valence-corrected chi connectivity index (χ1v) is 11.8. The second-order valence-corrected chi connectivity index (χ2v) is 9.21. The van der Waals surface area contributed by atoms with Crippen molar-refractivity contribution in [2.45, 2.75) is 37.2 Å². The number of ether oxygens (including phenoxy) is 1. The smallest absolute Gasteiger partial charge is 0.233 e. The molecule has 2 atom stereocenters. The summed E-state index contributed by atoms with van der Waals surface area (Å²) < 4.78 is 7.57. The van der Waals surface area contributed by atoms with Gasteiger partial charge in [-0.05, 0) is 38.0 Å². The van der Waals surface area contributed by atoms with Crippen LogP contribution < -0.4 is 10.2 Å². The Balaban J connectivity index is 1.57. The molecule has 0 spiro atoms. The number of nitrogens with zero attached hydrogens (tertiary/aromatic N) is 4. The van der Waals surface area contributed by atoms with E-state index in [1.165, 1.54) is 11.8 Å². The predicted octanol–water partition coefficient (Wildman–Crippen LogP) is 3.77. The number of nitrogens with one attached hydrogen (secondary N) is 1. The molecule has 2 unspecified atom stereocenters. The molecule has 0 saturated carbocycles. The average Bonchev–Trinajstić information content (AvgIpc) is 3.23. The van der Waals surface area contributed by atoms with Crippen molar-refractivity contribution in [3.63, 3.8) is 0 Å². The SMILES string of the molecule is Cc1ccccc1-n1c(SC(C)C(=O)NC(C)c2ccccc2)nnc1N1CCOCC1. The molecule has 7 nitrogen and oxygen atoms in total. The zero-order valence-corrected chi connectivity index (χ0v) is 19.5. The maximum atomic E-state index is 12.9. The van der Waals surface area contributed by atoms with E-state index in [1.54, 1.807) is 0 Å². The number of carbonyl (C=O) groups excluding carboxylic acids is 1. The minimum Gasteiger partial charge on any atom is -0.378 e. The Kier molecular flexibility index (Phi) is 7.12. The molecular weight excluding hydrogens is 422 g/mol. The fraction of sp³-hybridized carbons (Fsp3) is 0.375. The summed E-state index contributed by atoms with van der Waals surface area (Å²) in [6, 6.07) is 18.1. The number of hydrogen-bond acceptors (Lipinski definition) is 6. The molecule has 2 heterocycles. The van der Waals surface area contributed by atoms with Gasteiger partial charge in [-0.2, -0.15) is 0 Å². The molecule has 2 aromatic carbocycles. The third-order valence-corrected chi connectivity index (χ3v) is 6.62. The Bertz CT molecular complexity index is 1050. The molecule has 4 rings (SSSR count). The van der Waals surface area contributed by atoms with Crippen LogP contribution in [0.3, 0.4) is 0 Å². The second-order valence-electron chi connectivity index (χ2n) is 7.90. The van der Waals surface area contributed by atoms with Crippen LogP contribution >= 0.6 is 11.8 Å². The molecule has 32 heavy (non-hydrogen) atoms. The van der Waals surface area contributed by atoms with Gasteiger partial charge in [-0.25, -0.2) is 0 Å². The molecular formula is C24H29N5O2S. The normalized spacial score (nSPS) is 15.9. The van der Waals surface area contributed by atoms with Gasteiger partial charge in [0.1, 0.15) is 0 Å². The number of hydrogen-bond donors (Lipinski definition) is 1. The average molecular weight is 452 g/mol. The van der Waals surface area contributed by atoms with Crippen molar-refractivity contribution in [2.24, 2.45) is 0 Å². The van der Waals surface area contributed by atoms with Crippen molar-refractivity contribution in [3.05, 3.63) is 65.7 Å². The van der Waals surface area contributed by atoms with Crippen molar-refractivity contribution < 1.29 is 9.53 Å². The summed E-state index contributed by atoms with van der Waals surface area (Å²) >= 11 is 1.42. The summed E-state index contributed by atoms with van der Waals surface area (Å²) in [5.74, 6) is 0.758. The van der Waals surface area contributed by atoms with E-state index in [0.717, 1.165) is 35.9 Å². The van der Waals surface area contributed by atoms with Crippen LogP contribution in [0.2, 0.25) is 0 Å². The molecule has 1 aromatic heterocycles. The number of aromatic nitrogens is 3. The van der Waals surface area contributed by atoms with Gasteiger partial charge >= 0.3 is 0 Å². The van der Waals surface area contributed by atoms with Crippen LogP contribution in [0.1, 0.15) is 31.0 Å². The molecule has 0 aliphatic carbocycles. The van der Waals surface area contributed by atoms with Crippen molar-refractivity contribution in [2.75, 3.05) is 31.2 Å². The largest absolute Gasteiger partial charge is 0.378 e. The number of amides is 1. The molecule has 1 aliphatic rings. The van der Waals surface area contributed by atoms with Gasteiger partial charge in [0.2, 0.25) is 11.9 Å². The summed E-state index contributed by atoms with van der Waals surface area (Å²) in [6.45, 7) is 8.84. The van der Waals surface area contributed by atoms with Gasteiger partial charge in [0.25, 0.3) is 0 Å². The van der Waals surface area contributed by atoms with Gasteiger partial charge in [0.05, 0.1) is 30.2 Å². The van der Waals surface area contributed by atoms with Gasteiger partial charge < -0.3 is 15.0 Å². The third kappa shape index (κ3) is 4.97. The van der Waals surface area contributed by atoms with Gasteiger partial charge in [-0.3, -0.25) is 9.36 Å². The van der Waals surface area contributed by atoms with E-state index in [-0.39, 0.29) is 17.2 Å². The number of para-hydroxylation sites is 1. The Labute approximate surface area is 193 Å². The molecule has 8 heteroatoms. The highest BCUT2D eigenvalue weighted by molar-refractivity contribution is 8.00. The minimum absolute atomic E-state index is 0.0291. The molecule has 168 valence electrons. The van der Waals surface area contributed by atoms with Crippen molar-refractivity contribution in [1.29, 1.82) is 0 Å². The second kappa shape index (κ2) is 10.2. The number of morpholine rings is 1. The van der Waals surface area contributed by atoms with E-state index in [4.69, 9.17) is 4.74 Å². The topological polar surface area (TPSA) is 72.3 Å². The van der Waals surface area contributed by atoms with E-state index in [1.807, 2.05) is 56.3 Å². The summed E-state index contributed by atoms with van der Waals surface area (Å²) in [5.41, 5.74) is 3.22. The standard InChI is InChI=1S/C24H29N5O2S/c1-17-9-7-8-12-21(17)29-23(28-13-15-31-16-14-28)26-27-24(29)32-19(3)22(30)25-18(2)20-10-5-4-6-11-20/h4-12,18-19H,13-16H2,1-3H3,(H,25,30). The molecule has 1 saturated heterocycles. The summed E-state index contributed by atoms with van der Waals surface area (Å²) in [7, 11) is 0. The Morgan fingerprint density at radius 3 is 2.44 bits per heavy atom. The van der Waals surface area contributed by atoms with Crippen molar-refractivity contribution in [1.82, 2.24) is 20.1 Å². The van der Waals surface area contributed by atoms with Crippen LogP contribution in [0.15, 0.2) is 59.8 Å². The van der Waals surface area contributed by atoms with Crippen LogP contribution in [0.5, 0.6) is 0 Å². The van der Waals surface area contributed by atoms with Crippen LogP contribution in [-0.4, -0.2) is 52.2 Å². The quantitative estimate of drug-likeness (QED) is 0.552. The summed E-state index contributed by atoms with van der Waals surface area (Å²) in [4.78, 5) is 15.1. The molecule has 1 amide bonds.